The summed E-state index contributed by atoms with van der Waals surface area (Å²) >= 11 is 19.5. The van der Waals surface area contributed by atoms with Crippen LogP contribution in [0.1, 0.15) is 29.3 Å². The predicted octanol–water partition coefficient (Wildman–Crippen LogP) is 8.70. The number of anilines is 2. The number of nitrogens with one attached hydrogen (secondary N) is 3. The van der Waals surface area contributed by atoms with Crippen LogP contribution in [0.15, 0.2) is 102 Å². The van der Waals surface area contributed by atoms with Crippen molar-refractivity contribution >= 4 is 81.7 Å². The van der Waals surface area contributed by atoms with E-state index in [9.17, 15) is 18.8 Å². The zero-order chi connectivity index (χ0) is 30.9. The van der Waals surface area contributed by atoms with Gasteiger partial charge in [0.2, 0.25) is 5.91 Å². The SMILES string of the molecule is CCC(Sc1cccc(NC(=O)/C(=C\c2ccc(Cl)cc2Cl)NC(=O)c2ccccc2)c1)C(=O)Nc1ccc(F)c(Cl)c1. The number of hydrogen-bond donors (Lipinski definition) is 3. The molecule has 0 aliphatic rings. The lowest BCUT2D eigenvalue weighted by molar-refractivity contribution is -0.116. The first-order valence-electron chi connectivity index (χ1n) is 13.0. The molecule has 0 aliphatic carbocycles. The van der Waals surface area contributed by atoms with Gasteiger partial charge in [-0.15, -0.1) is 11.8 Å². The largest absolute Gasteiger partial charge is 0.325 e. The molecule has 0 spiro atoms. The molecule has 4 aromatic rings. The minimum Gasteiger partial charge on any atom is -0.325 e. The Balaban J connectivity index is 1.52. The van der Waals surface area contributed by atoms with E-state index in [1.807, 2.05) is 13.0 Å². The minimum absolute atomic E-state index is 0.0418. The average molecular weight is 657 g/mol. The summed E-state index contributed by atoms with van der Waals surface area (Å²) in [6.07, 6.45) is 1.97. The fourth-order valence-corrected chi connectivity index (χ4v) is 5.50. The van der Waals surface area contributed by atoms with Crippen LogP contribution < -0.4 is 16.0 Å². The van der Waals surface area contributed by atoms with Crippen molar-refractivity contribution in [3.05, 3.63) is 129 Å². The molecule has 3 amide bonds. The zero-order valence-corrected chi connectivity index (χ0v) is 25.8. The second kappa shape index (κ2) is 15.1. The van der Waals surface area contributed by atoms with Crippen LogP contribution in [0.4, 0.5) is 15.8 Å². The van der Waals surface area contributed by atoms with E-state index in [0.29, 0.717) is 39.0 Å². The Hall–Kier alpha value is -3.82. The fraction of sp³-hybridized carbons (Fsp3) is 0.0938. The van der Waals surface area contributed by atoms with Crippen LogP contribution >= 0.6 is 46.6 Å². The van der Waals surface area contributed by atoms with E-state index in [0.717, 1.165) is 4.90 Å². The first kappa shape index (κ1) is 32.1. The van der Waals surface area contributed by atoms with E-state index >= 15 is 0 Å². The molecule has 220 valence electrons. The van der Waals surface area contributed by atoms with Crippen molar-refractivity contribution in [1.29, 1.82) is 0 Å². The molecule has 0 saturated heterocycles. The first-order valence-corrected chi connectivity index (χ1v) is 15.0. The lowest BCUT2D eigenvalue weighted by Gasteiger charge is -2.16. The maximum Gasteiger partial charge on any atom is 0.272 e. The molecule has 1 atom stereocenters. The number of amides is 3. The summed E-state index contributed by atoms with van der Waals surface area (Å²) in [5.74, 6) is -1.92. The van der Waals surface area contributed by atoms with E-state index in [4.69, 9.17) is 34.8 Å². The molecule has 6 nitrogen and oxygen atoms in total. The van der Waals surface area contributed by atoms with E-state index in [1.54, 1.807) is 60.7 Å². The summed E-state index contributed by atoms with van der Waals surface area (Å²) < 4.78 is 13.5. The molecule has 0 heterocycles. The van der Waals surface area contributed by atoms with E-state index < -0.39 is 22.9 Å². The standard InChI is InChI=1S/C32H25Cl3FN3O3S/c1-2-29(32(42)38-23-13-14-27(36)26(35)18-23)43-24-10-6-9-22(17-24)37-31(41)28(15-20-11-12-21(33)16-25(20)34)39-30(40)19-7-4-3-5-8-19/h3-18,29H,2H2,1H3,(H,37,41)(H,38,42)(H,39,40)/b28-15+. The maximum atomic E-state index is 13.5. The summed E-state index contributed by atoms with van der Waals surface area (Å²) in [6.45, 7) is 1.87. The monoisotopic (exact) mass is 655 g/mol. The maximum absolute atomic E-state index is 13.5. The van der Waals surface area contributed by atoms with Gasteiger partial charge in [-0.3, -0.25) is 14.4 Å². The van der Waals surface area contributed by atoms with Gasteiger partial charge in [-0.05, 0) is 78.7 Å². The Morgan fingerprint density at radius 2 is 1.58 bits per heavy atom. The van der Waals surface area contributed by atoms with Crippen molar-refractivity contribution in [2.24, 2.45) is 0 Å². The summed E-state index contributed by atoms with van der Waals surface area (Å²) in [5.41, 5.74) is 1.63. The van der Waals surface area contributed by atoms with Crippen molar-refractivity contribution in [3.63, 3.8) is 0 Å². The summed E-state index contributed by atoms with van der Waals surface area (Å²) in [6, 6.07) is 24.2. The van der Waals surface area contributed by atoms with Crippen molar-refractivity contribution in [2.75, 3.05) is 10.6 Å². The molecular formula is C32H25Cl3FN3O3S. The van der Waals surface area contributed by atoms with Crippen LogP contribution in [0, 0.1) is 5.82 Å². The van der Waals surface area contributed by atoms with Crippen molar-refractivity contribution < 1.29 is 18.8 Å². The highest BCUT2D eigenvalue weighted by Crippen LogP contribution is 2.30. The van der Waals surface area contributed by atoms with Crippen molar-refractivity contribution in [3.8, 4) is 0 Å². The third kappa shape index (κ3) is 9.08. The third-order valence-electron chi connectivity index (χ3n) is 6.01. The van der Waals surface area contributed by atoms with Crippen LogP contribution in [0.5, 0.6) is 0 Å². The molecule has 3 N–H and O–H groups in total. The van der Waals surface area contributed by atoms with Gasteiger partial charge in [0.1, 0.15) is 11.5 Å². The number of rotatable bonds is 10. The summed E-state index contributed by atoms with van der Waals surface area (Å²) in [7, 11) is 0. The van der Waals surface area contributed by atoms with Crippen LogP contribution in [-0.2, 0) is 9.59 Å². The number of carbonyl (C=O) groups is 3. The zero-order valence-electron chi connectivity index (χ0n) is 22.7. The molecule has 0 radical (unpaired) electrons. The van der Waals surface area contributed by atoms with E-state index in [1.165, 1.54) is 42.1 Å². The first-order chi connectivity index (χ1) is 20.6. The van der Waals surface area contributed by atoms with E-state index in [-0.39, 0.29) is 16.6 Å². The number of carbonyl (C=O) groups excluding carboxylic acids is 3. The van der Waals surface area contributed by atoms with Crippen LogP contribution in [0.25, 0.3) is 6.08 Å². The highest BCUT2D eigenvalue weighted by atomic mass is 35.5. The van der Waals surface area contributed by atoms with Gasteiger partial charge in [-0.25, -0.2) is 4.39 Å². The third-order valence-corrected chi connectivity index (χ3v) is 8.22. The normalized spacial score (nSPS) is 11.9. The number of benzene rings is 4. The number of halogens is 4. The summed E-state index contributed by atoms with van der Waals surface area (Å²) in [4.78, 5) is 40.0. The van der Waals surface area contributed by atoms with Crippen LogP contribution in [0.2, 0.25) is 15.1 Å². The lowest BCUT2D eigenvalue weighted by atomic mass is 10.1. The van der Waals surface area contributed by atoms with Gasteiger partial charge >= 0.3 is 0 Å². The highest BCUT2D eigenvalue weighted by molar-refractivity contribution is 8.00. The molecule has 43 heavy (non-hydrogen) atoms. The van der Waals surface area contributed by atoms with Crippen LogP contribution in [-0.4, -0.2) is 23.0 Å². The van der Waals surface area contributed by atoms with Gasteiger partial charge in [-0.1, -0.05) is 72.1 Å². The molecule has 4 rings (SSSR count). The minimum atomic E-state index is -0.588. The topological polar surface area (TPSA) is 87.3 Å². The van der Waals surface area contributed by atoms with Gasteiger partial charge in [0, 0.05) is 31.9 Å². The number of hydrogen-bond acceptors (Lipinski definition) is 4. The Kier molecular flexibility index (Phi) is 11.3. The highest BCUT2D eigenvalue weighted by Gasteiger charge is 2.20. The lowest BCUT2D eigenvalue weighted by Crippen LogP contribution is -2.30. The van der Waals surface area contributed by atoms with Gasteiger partial charge in [-0.2, -0.15) is 0 Å². The molecular weight excluding hydrogens is 632 g/mol. The second-order valence-corrected chi connectivity index (χ2v) is 11.7. The Morgan fingerprint density at radius 3 is 2.28 bits per heavy atom. The molecule has 4 aromatic carbocycles. The van der Waals surface area contributed by atoms with Gasteiger partial charge in [0.15, 0.2) is 0 Å². The Morgan fingerprint density at radius 1 is 0.837 bits per heavy atom. The molecule has 0 aliphatic heterocycles. The average Bonchev–Trinajstić information content (AvgIpc) is 2.99. The quantitative estimate of drug-likeness (QED) is 0.118. The van der Waals surface area contributed by atoms with Gasteiger partial charge in [0.25, 0.3) is 11.8 Å². The predicted molar refractivity (Wildman–Crippen MR) is 173 cm³/mol. The smallest absolute Gasteiger partial charge is 0.272 e. The fourth-order valence-electron chi connectivity index (χ4n) is 3.85. The Bertz CT molecular complexity index is 1690. The molecule has 0 saturated carbocycles. The molecule has 0 bridgehead atoms. The summed E-state index contributed by atoms with van der Waals surface area (Å²) in [5, 5.41) is 8.39. The molecule has 0 fully saturated rings. The van der Waals surface area contributed by atoms with Gasteiger partial charge < -0.3 is 16.0 Å². The van der Waals surface area contributed by atoms with E-state index in [2.05, 4.69) is 16.0 Å². The van der Waals surface area contributed by atoms with Crippen molar-refractivity contribution in [2.45, 2.75) is 23.5 Å². The molecule has 1 unspecified atom stereocenters. The van der Waals surface area contributed by atoms with Crippen LogP contribution in [0.3, 0.4) is 0 Å². The Labute approximate surface area is 267 Å². The second-order valence-electron chi connectivity index (χ2n) is 9.16. The molecule has 11 heteroatoms. The number of thioether (sulfide) groups is 1. The van der Waals surface area contributed by atoms with Gasteiger partial charge in [0.05, 0.1) is 10.3 Å². The van der Waals surface area contributed by atoms with Crippen molar-refractivity contribution in [1.82, 2.24) is 5.32 Å². The molecule has 0 aromatic heterocycles.